The highest BCUT2D eigenvalue weighted by Crippen LogP contribution is 2.44. The number of thiophene rings is 1. The lowest BCUT2D eigenvalue weighted by atomic mass is 9.87. The Morgan fingerprint density at radius 1 is 0.667 bits per heavy atom. The second-order valence-electron chi connectivity index (χ2n) is 8.01. The van der Waals surface area contributed by atoms with Gasteiger partial charge in [-0.05, 0) is 46.5 Å². The van der Waals surface area contributed by atoms with E-state index in [0.29, 0.717) is 10.0 Å². The van der Waals surface area contributed by atoms with Gasteiger partial charge in [0.05, 0.1) is 20.7 Å². The second kappa shape index (κ2) is 8.39. The first-order valence-electron chi connectivity index (χ1n) is 10.7. The topological polar surface area (TPSA) is 13.1 Å². The molecule has 1 unspecified atom stereocenters. The molecule has 2 aromatic heterocycles. The Bertz CT molecular complexity index is 1600. The van der Waals surface area contributed by atoms with E-state index in [4.69, 9.17) is 27.6 Å². The third-order valence-electron chi connectivity index (χ3n) is 5.97. The molecular weight excluding hydrogens is 467 g/mol. The molecule has 33 heavy (non-hydrogen) atoms. The number of rotatable bonds is 4. The minimum Gasteiger partial charge on any atom is -0.458 e. The SMILES string of the molecule is Clc1cccc(C(c2cccc(-c3ccccc3)c2)c2cc3sc4ccccc4c3o2)c1Cl. The normalized spacial score (nSPS) is 12.4. The van der Waals surface area contributed by atoms with Crippen LogP contribution in [-0.4, -0.2) is 0 Å². The average Bonchev–Trinajstić information content (AvgIpc) is 3.41. The Kier molecular flexibility index (Phi) is 5.22. The number of fused-ring (bicyclic) bond motifs is 3. The lowest BCUT2D eigenvalue weighted by Gasteiger charge is -2.19. The van der Waals surface area contributed by atoms with E-state index < -0.39 is 0 Å². The molecule has 2 heterocycles. The summed E-state index contributed by atoms with van der Waals surface area (Å²) in [6.07, 6.45) is 0. The predicted molar refractivity (Wildman–Crippen MR) is 141 cm³/mol. The fourth-order valence-electron chi connectivity index (χ4n) is 4.43. The largest absolute Gasteiger partial charge is 0.458 e. The van der Waals surface area contributed by atoms with Crippen LogP contribution >= 0.6 is 34.5 Å². The molecule has 0 spiro atoms. The summed E-state index contributed by atoms with van der Waals surface area (Å²) in [5.74, 6) is 0.676. The molecule has 1 atom stereocenters. The van der Waals surface area contributed by atoms with Crippen LogP contribution in [0.25, 0.3) is 31.5 Å². The third-order valence-corrected chi connectivity index (χ3v) is 7.91. The number of hydrogen-bond donors (Lipinski definition) is 0. The zero-order chi connectivity index (χ0) is 22.4. The first-order chi connectivity index (χ1) is 16.2. The van der Waals surface area contributed by atoms with Crippen LogP contribution in [0.4, 0.5) is 0 Å². The van der Waals surface area contributed by atoms with Crippen LogP contribution in [0.3, 0.4) is 0 Å². The fraction of sp³-hybridized carbons (Fsp3) is 0.0345. The van der Waals surface area contributed by atoms with Gasteiger partial charge < -0.3 is 4.42 Å². The first kappa shape index (κ1) is 20.6. The molecule has 1 nitrogen and oxygen atoms in total. The summed E-state index contributed by atoms with van der Waals surface area (Å²) in [6.45, 7) is 0. The molecule has 0 aliphatic carbocycles. The van der Waals surface area contributed by atoms with Crippen LogP contribution in [0, 0.1) is 0 Å². The van der Waals surface area contributed by atoms with E-state index in [9.17, 15) is 0 Å². The lowest BCUT2D eigenvalue weighted by Crippen LogP contribution is -2.03. The summed E-state index contributed by atoms with van der Waals surface area (Å²) < 4.78 is 8.90. The summed E-state index contributed by atoms with van der Waals surface area (Å²) in [5, 5.41) is 2.23. The molecule has 4 aromatic carbocycles. The molecule has 4 heteroatoms. The highest BCUT2D eigenvalue weighted by Gasteiger charge is 2.25. The summed E-state index contributed by atoms with van der Waals surface area (Å²) in [5.41, 5.74) is 5.27. The van der Waals surface area contributed by atoms with Crippen molar-refractivity contribution in [3.05, 3.63) is 130 Å². The van der Waals surface area contributed by atoms with Gasteiger partial charge in [-0.15, -0.1) is 11.3 Å². The Balaban J connectivity index is 1.57. The van der Waals surface area contributed by atoms with Crippen molar-refractivity contribution >= 4 is 54.9 Å². The fourth-order valence-corrected chi connectivity index (χ4v) is 5.92. The Hall–Kier alpha value is -3.04. The first-order valence-corrected chi connectivity index (χ1v) is 12.3. The summed E-state index contributed by atoms with van der Waals surface area (Å²) in [7, 11) is 0. The van der Waals surface area contributed by atoms with Crippen LogP contribution in [0.2, 0.25) is 10.0 Å². The molecule has 0 N–H and O–H groups in total. The van der Waals surface area contributed by atoms with Crippen LogP contribution in [0.15, 0.2) is 108 Å². The lowest BCUT2D eigenvalue weighted by molar-refractivity contribution is 0.544. The Morgan fingerprint density at radius 2 is 1.42 bits per heavy atom. The van der Waals surface area contributed by atoms with E-state index in [2.05, 4.69) is 72.8 Å². The van der Waals surface area contributed by atoms with Gasteiger partial charge >= 0.3 is 0 Å². The van der Waals surface area contributed by atoms with Gasteiger partial charge in [-0.25, -0.2) is 0 Å². The predicted octanol–water partition coefficient (Wildman–Crippen LogP) is 9.80. The third kappa shape index (κ3) is 3.65. The Labute approximate surface area is 205 Å². The maximum Gasteiger partial charge on any atom is 0.152 e. The van der Waals surface area contributed by atoms with E-state index in [-0.39, 0.29) is 5.92 Å². The van der Waals surface area contributed by atoms with Gasteiger partial charge in [0.15, 0.2) is 5.58 Å². The van der Waals surface area contributed by atoms with Crippen LogP contribution in [0.5, 0.6) is 0 Å². The summed E-state index contributed by atoms with van der Waals surface area (Å²) in [6, 6.07) is 35.2. The van der Waals surface area contributed by atoms with E-state index in [1.807, 2.05) is 30.3 Å². The van der Waals surface area contributed by atoms with Crippen LogP contribution in [-0.2, 0) is 0 Å². The number of hydrogen-bond acceptors (Lipinski definition) is 2. The van der Waals surface area contributed by atoms with Crippen molar-refractivity contribution in [1.82, 2.24) is 0 Å². The van der Waals surface area contributed by atoms with Crippen molar-refractivity contribution in [2.45, 2.75) is 5.92 Å². The van der Waals surface area contributed by atoms with E-state index in [0.717, 1.165) is 38.1 Å². The molecule has 0 amide bonds. The van der Waals surface area contributed by atoms with Crippen molar-refractivity contribution in [3.63, 3.8) is 0 Å². The second-order valence-corrected chi connectivity index (χ2v) is 9.88. The van der Waals surface area contributed by atoms with E-state index >= 15 is 0 Å². The molecule has 6 aromatic rings. The van der Waals surface area contributed by atoms with Gasteiger partial charge in [-0.1, -0.05) is 102 Å². The van der Waals surface area contributed by atoms with E-state index in [1.54, 1.807) is 11.3 Å². The van der Waals surface area contributed by atoms with Gasteiger partial charge in [0.2, 0.25) is 0 Å². The zero-order valence-electron chi connectivity index (χ0n) is 17.5. The van der Waals surface area contributed by atoms with Gasteiger partial charge in [-0.2, -0.15) is 0 Å². The van der Waals surface area contributed by atoms with Gasteiger partial charge in [0, 0.05) is 10.1 Å². The highest BCUT2D eigenvalue weighted by molar-refractivity contribution is 7.25. The number of halogens is 2. The smallest absolute Gasteiger partial charge is 0.152 e. The molecule has 0 saturated heterocycles. The van der Waals surface area contributed by atoms with E-state index in [1.165, 1.54) is 10.3 Å². The quantitative estimate of drug-likeness (QED) is 0.242. The molecule has 0 aliphatic rings. The van der Waals surface area contributed by atoms with Crippen molar-refractivity contribution in [1.29, 1.82) is 0 Å². The highest BCUT2D eigenvalue weighted by atomic mass is 35.5. The van der Waals surface area contributed by atoms with Gasteiger partial charge in [0.1, 0.15) is 5.76 Å². The standard InChI is InChI=1S/C29H18Cl2OS/c30-23-14-7-13-22(28(23)31)27(20-11-6-10-19(16-20)18-8-2-1-3-9-18)24-17-26-29(32-24)21-12-4-5-15-25(21)33-26/h1-17,27H. The van der Waals surface area contributed by atoms with Crippen molar-refractivity contribution in [3.8, 4) is 11.1 Å². The minimum atomic E-state index is -0.182. The minimum absolute atomic E-state index is 0.182. The molecule has 0 aliphatic heterocycles. The summed E-state index contributed by atoms with van der Waals surface area (Å²) in [4.78, 5) is 0. The molecular formula is C29H18Cl2OS. The number of benzene rings is 4. The molecule has 0 radical (unpaired) electrons. The molecule has 160 valence electrons. The molecule has 0 saturated carbocycles. The summed E-state index contributed by atoms with van der Waals surface area (Å²) >= 11 is 14.9. The Morgan fingerprint density at radius 3 is 2.30 bits per heavy atom. The molecule has 6 rings (SSSR count). The maximum atomic E-state index is 6.74. The number of furan rings is 1. The van der Waals surface area contributed by atoms with Gasteiger partial charge in [-0.3, -0.25) is 0 Å². The average molecular weight is 485 g/mol. The van der Waals surface area contributed by atoms with Crippen LogP contribution in [0.1, 0.15) is 22.8 Å². The molecule has 0 bridgehead atoms. The van der Waals surface area contributed by atoms with Crippen molar-refractivity contribution in [2.75, 3.05) is 0 Å². The maximum absolute atomic E-state index is 6.74. The molecule has 0 fully saturated rings. The van der Waals surface area contributed by atoms with Crippen molar-refractivity contribution in [2.24, 2.45) is 0 Å². The van der Waals surface area contributed by atoms with Crippen molar-refractivity contribution < 1.29 is 4.42 Å². The van der Waals surface area contributed by atoms with Gasteiger partial charge in [0.25, 0.3) is 0 Å². The monoisotopic (exact) mass is 484 g/mol. The zero-order valence-corrected chi connectivity index (χ0v) is 19.8. The van der Waals surface area contributed by atoms with Crippen LogP contribution < -0.4 is 0 Å².